The Bertz CT molecular complexity index is 1370. The Hall–Kier alpha value is -3.52. The summed E-state index contributed by atoms with van der Waals surface area (Å²) in [7, 11) is 0. The summed E-state index contributed by atoms with van der Waals surface area (Å²) in [5.41, 5.74) is 13.6. The van der Waals surface area contributed by atoms with Gasteiger partial charge in [-0.25, -0.2) is 0 Å². The predicted molar refractivity (Wildman–Crippen MR) is 182 cm³/mol. The number of hydrogen-bond acceptors (Lipinski definition) is 2. The van der Waals surface area contributed by atoms with Crippen molar-refractivity contribution in [1.29, 1.82) is 0 Å². The van der Waals surface area contributed by atoms with E-state index < -0.39 is 0 Å². The molecule has 5 rings (SSSR count). The number of anilines is 2. The minimum Gasteiger partial charge on any atom is -0.364 e. The van der Waals surface area contributed by atoms with Crippen LogP contribution in [0.5, 0.6) is 0 Å². The molecule has 0 spiro atoms. The summed E-state index contributed by atoms with van der Waals surface area (Å²) in [5.74, 6) is 1.12. The van der Waals surface area contributed by atoms with Gasteiger partial charge in [0.1, 0.15) is 0 Å². The molecule has 2 nitrogen and oxygen atoms in total. The Morgan fingerprint density at radius 2 is 0.810 bits per heavy atom. The lowest BCUT2D eigenvalue weighted by atomic mass is 9.74. The number of hydrogen-bond donors (Lipinski definition) is 0. The second-order valence-corrected chi connectivity index (χ2v) is 13.4. The molecule has 0 saturated heterocycles. The number of rotatable bonds is 8. The minimum absolute atomic E-state index is 0.484. The summed E-state index contributed by atoms with van der Waals surface area (Å²) >= 11 is 0. The molecule has 42 heavy (non-hydrogen) atoms. The van der Waals surface area contributed by atoms with Gasteiger partial charge in [-0.15, -0.1) is 0 Å². The molecule has 1 fully saturated rings. The first-order chi connectivity index (χ1) is 20.1. The van der Waals surface area contributed by atoms with Crippen molar-refractivity contribution in [1.82, 2.24) is 0 Å². The van der Waals surface area contributed by atoms with Gasteiger partial charge in [0.15, 0.2) is 0 Å². The largest absolute Gasteiger partial charge is 0.364 e. The van der Waals surface area contributed by atoms with Crippen LogP contribution in [0.25, 0.3) is 0 Å². The van der Waals surface area contributed by atoms with E-state index in [9.17, 15) is 0 Å². The third kappa shape index (κ3) is 6.75. The van der Waals surface area contributed by atoms with Crippen LogP contribution in [0.2, 0.25) is 0 Å². The highest BCUT2D eigenvalue weighted by Crippen LogP contribution is 2.41. The summed E-state index contributed by atoms with van der Waals surface area (Å²) in [6.45, 7) is 20.3. The van der Waals surface area contributed by atoms with E-state index in [-0.39, 0.29) is 0 Å². The number of aryl methyl sites for hydroxylation is 6. The Morgan fingerprint density at radius 3 is 1.17 bits per heavy atom. The van der Waals surface area contributed by atoms with E-state index in [1.807, 2.05) is 0 Å². The molecule has 1 aliphatic carbocycles. The van der Waals surface area contributed by atoms with E-state index in [1.54, 1.807) is 0 Å². The molecular formula is C40H50N2. The molecule has 4 atom stereocenters. The molecule has 2 heteroatoms. The normalized spacial score (nSPS) is 20.4. The van der Waals surface area contributed by atoms with Gasteiger partial charge >= 0.3 is 0 Å². The SMILES string of the molecule is Cc1ccc(CN(c2cc(C)ccc2C)C2CC(C)C(N(Cc3ccc(C)cc3)c3cc(C)ccc3C)CC2C)cc1. The Kier molecular flexibility index (Phi) is 9.11. The molecular weight excluding hydrogens is 508 g/mol. The lowest BCUT2D eigenvalue weighted by molar-refractivity contribution is 0.211. The van der Waals surface area contributed by atoms with Crippen molar-refractivity contribution in [3.63, 3.8) is 0 Å². The van der Waals surface area contributed by atoms with Gasteiger partial charge in [-0.05, 0) is 112 Å². The van der Waals surface area contributed by atoms with Crippen LogP contribution < -0.4 is 9.80 Å². The quantitative estimate of drug-likeness (QED) is 0.212. The minimum atomic E-state index is 0.484. The van der Waals surface area contributed by atoms with Gasteiger partial charge in [0.05, 0.1) is 0 Å². The molecule has 0 radical (unpaired) electrons. The molecule has 1 aliphatic rings. The maximum Gasteiger partial charge on any atom is 0.0432 e. The van der Waals surface area contributed by atoms with Gasteiger partial charge in [0.2, 0.25) is 0 Å². The average molecular weight is 559 g/mol. The van der Waals surface area contributed by atoms with Crippen molar-refractivity contribution in [2.24, 2.45) is 11.8 Å². The highest BCUT2D eigenvalue weighted by atomic mass is 15.2. The summed E-state index contributed by atoms with van der Waals surface area (Å²) in [6.07, 6.45) is 2.36. The van der Waals surface area contributed by atoms with Crippen LogP contribution in [0.15, 0.2) is 84.9 Å². The fraction of sp³-hybridized carbons (Fsp3) is 0.400. The van der Waals surface area contributed by atoms with Gasteiger partial charge < -0.3 is 9.80 Å². The first kappa shape index (κ1) is 30.0. The molecule has 0 aliphatic heterocycles. The molecule has 1 saturated carbocycles. The zero-order valence-electron chi connectivity index (χ0n) is 27.1. The van der Waals surface area contributed by atoms with Gasteiger partial charge in [0, 0.05) is 36.5 Å². The van der Waals surface area contributed by atoms with Gasteiger partial charge in [-0.3, -0.25) is 0 Å². The van der Waals surface area contributed by atoms with Crippen LogP contribution in [-0.4, -0.2) is 12.1 Å². The fourth-order valence-corrected chi connectivity index (χ4v) is 7.01. The number of nitrogens with zero attached hydrogens (tertiary/aromatic N) is 2. The maximum absolute atomic E-state index is 2.74. The molecule has 0 N–H and O–H groups in total. The van der Waals surface area contributed by atoms with Crippen molar-refractivity contribution in [2.75, 3.05) is 9.80 Å². The summed E-state index contributed by atoms with van der Waals surface area (Å²) in [4.78, 5) is 5.49. The van der Waals surface area contributed by atoms with Gasteiger partial charge in [0.25, 0.3) is 0 Å². The summed E-state index contributed by atoms with van der Waals surface area (Å²) in [5, 5.41) is 0. The summed E-state index contributed by atoms with van der Waals surface area (Å²) in [6, 6.07) is 33.2. The molecule has 4 aromatic rings. The van der Waals surface area contributed by atoms with E-state index in [0.717, 1.165) is 13.1 Å². The van der Waals surface area contributed by atoms with Gasteiger partial charge in [-0.2, -0.15) is 0 Å². The van der Waals surface area contributed by atoms with Crippen LogP contribution in [-0.2, 0) is 13.1 Å². The second-order valence-electron chi connectivity index (χ2n) is 13.4. The van der Waals surface area contributed by atoms with Crippen LogP contribution >= 0.6 is 0 Å². The second kappa shape index (κ2) is 12.8. The van der Waals surface area contributed by atoms with Crippen molar-refractivity contribution < 1.29 is 0 Å². The molecule has 4 unspecified atom stereocenters. The first-order valence-electron chi connectivity index (χ1n) is 15.9. The monoisotopic (exact) mass is 558 g/mol. The highest BCUT2D eigenvalue weighted by Gasteiger charge is 2.39. The topological polar surface area (TPSA) is 6.48 Å². The Morgan fingerprint density at radius 1 is 0.476 bits per heavy atom. The zero-order valence-corrected chi connectivity index (χ0v) is 27.1. The van der Waals surface area contributed by atoms with E-state index in [2.05, 4.69) is 150 Å². The Balaban J connectivity index is 1.49. The standard InChI is InChI=1S/C40H50N2/c1-27-11-17-35(18-12-27)25-41(37-21-29(3)9-15-31(37)5)39-23-34(8)40(24-33(39)7)42(26-36-19-13-28(2)14-20-36)38-22-30(4)10-16-32(38)6/h9-22,33-34,39-40H,23-26H2,1-8H3. The zero-order chi connectivity index (χ0) is 30.0. The smallest absolute Gasteiger partial charge is 0.0432 e. The fourth-order valence-electron chi connectivity index (χ4n) is 7.01. The van der Waals surface area contributed by atoms with Crippen molar-refractivity contribution >= 4 is 11.4 Å². The molecule has 0 heterocycles. The third-order valence-corrected chi connectivity index (χ3v) is 9.64. The third-order valence-electron chi connectivity index (χ3n) is 9.64. The van der Waals surface area contributed by atoms with Crippen molar-refractivity contribution in [3.05, 3.63) is 129 Å². The van der Waals surface area contributed by atoms with Gasteiger partial charge in [-0.1, -0.05) is 97.8 Å². The van der Waals surface area contributed by atoms with E-state index >= 15 is 0 Å². The predicted octanol–water partition coefficient (Wildman–Crippen LogP) is 10.1. The van der Waals surface area contributed by atoms with Crippen LogP contribution in [0.3, 0.4) is 0 Å². The lowest BCUT2D eigenvalue weighted by Crippen LogP contribution is -2.52. The molecule has 0 bridgehead atoms. The number of benzene rings is 4. The lowest BCUT2D eigenvalue weighted by Gasteiger charge is -2.49. The highest BCUT2D eigenvalue weighted by molar-refractivity contribution is 5.58. The Labute approximate surface area is 255 Å². The van der Waals surface area contributed by atoms with E-state index in [0.29, 0.717) is 23.9 Å². The van der Waals surface area contributed by atoms with E-state index in [4.69, 9.17) is 0 Å². The van der Waals surface area contributed by atoms with Crippen LogP contribution in [0.4, 0.5) is 11.4 Å². The first-order valence-corrected chi connectivity index (χ1v) is 15.9. The maximum atomic E-state index is 2.74. The summed E-state index contributed by atoms with van der Waals surface area (Å²) < 4.78 is 0. The molecule has 220 valence electrons. The molecule has 4 aromatic carbocycles. The van der Waals surface area contributed by atoms with Crippen LogP contribution in [0, 0.1) is 53.4 Å². The van der Waals surface area contributed by atoms with E-state index in [1.165, 1.54) is 68.7 Å². The molecule has 0 aromatic heterocycles. The molecule has 0 amide bonds. The van der Waals surface area contributed by atoms with Crippen molar-refractivity contribution in [3.8, 4) is 0 Å². The average Bonchev–Trinajstić information content (AvgIpc) is 2.96. The van der Waals surface area contributed by atoms with Crippen molar-refractivity contribution in [2.45, 2.75) is 93.4 Å². The van der Waals surface area contributed by atoms with Crippen LogP contribution in [0.1, 0.15) is 71.2 Å².